The molecule has 1 fully saturated rings. The van der Waals surface area contributed by atoms with Crippen LogP contribution in [0.3, 0.4) is 0 Å². The van der Waals surface area contributed by atoms with E-state index >= 15 is 0 Å². The summed E-state index contributed by atoms with van der Waals surface area (Å²) >= 11 is 3.40. The van der Waals surface area contributed by atoms with Crippen molar-refractivity contribution in [3.8, 4) is 0 Å². The summed E-state index contributed by atoms with van der Waals surface area (Å²) in [5.74, 6) is 0.137. The fraction of sp³-hybridized carbons (Fsp3) is 0.455. The van der Waals surface area contributed by atoms with Gasteiger partial charge in [0.15, 0.2) is 0 Å². The molecule has 3 N–H and O–H groups in total. The van der Waals surface area contributed by atoms with Gasteiger partial charge in [0, 0.05) is 23.5 Å². The van der Waals surface area contributed by atoms with Gasteiger partial charge in [-0.15, -0.1) is 0 Å². The Balaban J connectivity index is 2.36. The quantitative estimate of drug-likeness (QED) is 0.847. The molecule has 1 heterocycles. The minimum absolute atomic E-state index is 0.137. The Labute approximate surface area is 116 Å². The molecule has 1 aliphatic rings. The van der Waals surface area contributed by atoms with E-state index in [0.29, 0.717) is 25.3 Å². The van der Waals surface area contributed by atoms with E-state index in [1.165, 1.54) is 4.31 Å². The predicted molar refractivity (Wildman–Crippen MR) is 75.7 cm³/mol. The summed E-state index contributed by atoms with van der Waals surface area (Å²) in [4.78, 5) is 0. The van der Waals surface area contributed by atoms with Gasteiger partial charge in [0.1, 0.15) is 0 Å². The summed E-state index contributed by atoms with van der Waals surface area (Å²) in [6.45, 7) is 3.23. The summed E-state index contributed by atoms with van der Waals surface area (Å²) in [6, 6.07) is 5.49. The summed E-state index contributed by atoms with van der Waals surface area (Å²) in [5, 5.41) is 0. The molecular formula is C11H16BrN3O2S. The molecule has 0 aliphatic carbocycles. The Kier molecular flexibility index (Phi) is 3.96. The number of aryl methyl sites for hydroxylation is 1. The molecule has 7 heteroatoms. The lowest BCUT2D eigenvalue weighted by Crippen LogP contribution is -2.53. The molecule has 0 aromatic heterocycles. The van der Waals surface area contributed by atoms with Gasteiger partial charge < -0.3 is 5.73 Å². The second kappa shape index (κ2) is 5.16. The van der Waals surface area contributed by atoms with Crippen LogP contribution in [-0.2, 0) is 10.2 Å². The number of nitrogens with zero attached hydrogens (tertiary/aromatic N) is 1. The second-order valence-corrected chi connectivity index (χ2v) is 6.95. The first-order valence-electron chi connectivity index (χ1n) is 5.67. The third kappa shape index (κ3) is 2.69. The van der Waals surface area contributed by atoms with E-state index in [9.17, 15) is 8.42 Å². The Morgan fingerprint density at radius 2 is 2.28 bits per heavy atom. The number of anilines is 1. The topological polar surface area (TPSA) is 75.4 Å². The molecule has 1 aromatic carbocycles. The molecule has 0 bridgehead atoms. The van der Waals surface area contributed by atoms with Crippen LogP contribution in [0.15, 0.2) is 22.7 Å². The van der Waals surface area contributed by atoms with E-state index in [2.05, 4.69) is 20.7 Å². The zero-order chi connectivity index (χ0) is 13.3. The lowest BCUT2D eigenvalue weighted by Gasteiger charge is -2.33. The second-order valence-electron chi connectivity index (χ2n) is 4.42. The summed E-state index contributed by atoms with van der Waals surface area (Å²) in [6.07, 6.45) is 0. The summed E-state index contributed by atoms with van der Waals surface area (Å²) in [7, 11) is -3.44. The zero-order valence-electron chi connectivity index (χ0n) is 10.1. The van der Waals surface area contributed by atoms with Gasteiger partial charge in [-0.25, -0.2) is 0 Å². The predicted octanol–water partition coefficient (Wildman–Crippen LogP) is 0.987. The molecule has 5 nitrogen and oxygen atoms in total. The average Bonchev–Trinajstić information content (AvgIpc) is 2.33. The van der Waals surface area contributed by atoms with E-state index in [1.807, 2.05) is 19.1 Å². The van der Waals surface area contributed by atoms with E-state index in [-0.39, 0.29) is 5.92 Å². The number of nitrogens with two attached hydrogens (primary N) is 1. The molecule has 1 aromatic rings. The van der Waals surface area contributed by atoms with Gasteiger partial charge in [0.2, 0.25) is 0 Å². The maximum absolute atomic E-state index is 12.0. The highest BCUT2D eigenvalue weighted by molar-refractivity contribution is 9.10. The van der Waals surface area contributed by atoms with Crippen LogP contribution < -0.4 is 14.8 Å². The van der Waals surface area contributed by atoms with Crippen LogP contribution in [0.4, 0.5) is 5.69 Å². The number of nitrogens with one attached hydrogen (secondary N) is 1. The number of hydrogen-bond acceptors (Lipinski definition) is 3. The van der Waals surface area contributed by atoms with Gasteiger partial charge in [-0.1, -0.05) is 15.9 Å². The average molecular weight is 334 g/mol. The van der Waals surface area contributed by atoms with Gasteiger partial charge in [-0.05, 0) is 37.2 Å². The van der Waals surface area contributed by atoms with Gasteiger partial charge in [0.25, 0.3) is 0 Å². The molecule has 0 spiro atoms. The van der Waals surface area contributed by atoms with Gasteiger partial charge in [-0.3, -0.25) is 4.31 Å². The first-order valence-corrected chi connectivity index (χ1v) is 7.91. The molecule has 0 saturated carbocycles. The molecule has 1 saturated heterocycles. The maximum Gasteiger partial charge on any atom is 0.301 e. The van der Waals surface area contributed by atoms with E-state index in [4.69, 9.17) is 5.73 Å². The van der Waals surface area contributed by atoms with Crippen LogP contribution in [0.25, 0.3) is 0 Å². The van der Waals surface area contributed by atoms with Crippen LogP contribution in [0, 0.1) is 12.8 Å². The molecule has 18 heavy (non-hydrogen) atoms. The van der Waals surface area contributed by atoms with Gasteiger partial charge in [-0.2, -0.15) is 13.1 Å². The maximum atomic E-state index is 12.0. The van der Waals surface area contributed by atoms with Crippen molar-refractivity contribution < 1.29 is 8.42 Å². The van der Waals surface area contributed by atoms with E-state index in [0.717, 1.165) is 10.0 Å². The van der Waals surface area contributed by atoms with Crippen molar-refractivity contribution in [1.82, 2.24) is 4.72 Å². The molecule has 100 valence electrons. The third-order valence-corrected chi connectivity index (χ3v) is 5.39. The Hall–Kier alpha value is -0.630. The van der Waals surface area contributed by atoms with Gasteiger partial charge >= 0.3 is 10.2 Å². The van der Waals surface area contributed by atoms with Crippen LogP contribution in [-0.4, -0.2) is 28.1 Å². The molecule has 0 amide bonds. The van der Waals surface area contributed by atoms with Crippen molar-refractivity contribution in [1.29, 1.82) is 0 Å². The van der Waals surface area contributed by atoms with Crippen LogP contribution in [0.1, 0.15) is 5.56 Å². The van der Waals surface area contributed by atoms with Crippen LogP contribution in [0.2, 0.25) is 0 Å². The fourth-order valence-corrected chi connectivity index (χ4v) is 3.53. The lowest BCUT2D eigenvalue weighted by molar-refractivity contribution is 0.486. The van der Waals surface area contributed by atoms with Crippen molar-refractivity contribution >= 4 is 31.8 Å². The summed E-state index contributed by atoms with van der Waals surface area (Å²) < 4.78 is 28.9. The van der Waals surface area contributed by atoms with Crippen molar-refractivity contribution in [2.24, 2.45) is 11.7 Å². The minimum Gasteiger partial charge on any atom is -0.330 e. The zero-order valence-corrected chi connectivity index (χ0v) is 12.5. The first kappa shape index (κ1) is 13.8. The van der Waals surface area contributed by atoms with Crippen molar-refractivity contribution in [2.45, 2.75) is 6.92 Å². The molecule has 1 atom stereocenters. The van der Waals surface area contributed by atoms with Crippen molar-refractivity contribution in [2.75, 3.05) is 23.9 Å². The SMILES string of the molecule is Cc1cc(N2CC(CN)CNS2(=O)=O)ccc1Br. The highest BCUT2D eigenvalue weighted by Crippen LogP contribution is 2.26. The Morgan fingerprint density at radius 1 is 1.56 bits per heavy atom. The molecule has 1 unspecified atom stereocenters. The van der Waals surface area contributed by atoms with E-state index < -0.39 is 10.2 Å². The summed E-state index contributed by atoms with van der Waals surface area (Å²) in [5.41, 5.74) is 7.28. The smallest absolute Gasteiger partial charge is 0.301 e. The minimum atomic E-state index is -3.44. The Bertz CT molecular complexity index is 547. The molecule has 2 rings (SSSR count). The van der Waals surface area contributed by atoms with Crippen molar-refractivity contribution in [3.63, 3.8) is 0 Å². The molecular weight excluding hydrogens is 318 g/mol. The number of benzene rings is 1. The molecule has 1 aliphatic heterocycles. The fourth-order valence-electron chi connectivity index (χ4n) is 1.88. The number of rotatable bonds is 2. The molecule has 0 radical (unpaired) electrons. The number of halogens is 1. The monoisotopic (exact) mass is 333 g/mol. The van der Waals surface area contributed by atoms with Crippen LogP contribution >= 0.6 is 15.9 Å². The third-order valence-electron chi connectivity index (χ3n) is 3.03. The van der Waals surface area contributed by atoms with Crippen LogP contribution in [0.5, 0.6) is 0 Å². The van der Waals surface area contributed by atoms with Gasteiger partial charge in [0.05, 0.1) is 5.69 Å². The first-order chi connectivity index (χ1) is 8.44. The normalized spacial score (nSPS) is 23.1. The highest BCUT2D eigenvalue weighted by Gasteiger charge is 2.30. The Morgan fingerprint density at radius 3 is 2.89 bits per heavy atom. The number of hydrogen-bond donors (Lipinski definition) is 2. The largest absolute Gasteiger partial charge is 0.330 e. The van der Waals surface area contributed by atoms with E-state index in [1.54, 1.807) is 6.07 Å². The lowest BCUT2D eigenvalue weighted by atomic mass is 10.1. The standard InChI is InChI=1S/C11H16BrN3O2S/c1-8-4-10(2-3-11(8)12)15-7-9(5-13)6-14-18(15,16)17/h2-4,9,14H,5-7,13H2,1H3. The van der Waals surface area contributed by atoms with Crippen molar-refractivity contribution in [3.05, 3.63) is 28.2 Å². The highest BCUT2D eigenvalue weighted by atomic mass is 79.9.